The van der Waals surface area contributed by atoms with Crippen LogP contribution in [0.5, 0.6) is 0 Å². The van der Waals surface area contributed by atoms with Gasteiger partial charge in [0.2, 0.25) is 0 Å². The molecule has 64 valence electrons. The molecule has 1 N–H and O–H groups in total. The van der Waals surface area contributed by atoms with Crippen LogP contribution in [0.1, 0.15) is 38.5 Å². The fraction of sp³-hybridized carbons (Fsp3) is 1.00. The first-order valence-corrected chi connectivity index (χ1v) is 5.16. The highest BCUT2D eigenvalue weighted by molar-refractivity contribution is 4.78. The van der Waals surface area contributed by atoms with Crippen molar-refractivity contribution in [2.75, 3.05) is 13.1 Å². The lowest BCUT2D eigenvalue weighted by atomic mass is 9.97. The summed E-state index contributed by atoms with van der Waals surface area (Å²) in [5.41, 5.74) is 0. The summed E-state index contributed by atoms with van der Waals surface area (Å²) in [5, 5.41) is 3.53. The van der Waals surface area contributed by atoms with E-state index in [0.29, 0.717) is 0 Å². The number of hydrogen-bond acceptors (Lipinski definition) is 1. The smallest absolute Gasteiger partial charge is 0.00204 e. The number of nitrogens with one attached hydrogen (secondary N) is 1. The Morgan fingerprint density at radius 2 is 1.91 bits per heavy atom. The Morgan fingerprint density at radius 3 is 2.73 bits per heavy atom. The van der Waals surface area contributed by atoms with E-state index in [2.05, 4.69) is 5.32 Å². The molecule has 1 atom stereocenters. The molecule has 1 unspecified atom stereocenters. The van der Waals surface area contributed by atoms with Crippen molar-refractivity contribution in [3.05, 3.63) is 0 Å². The summed E-state index contributed by atoms with van der Waals surface area (Å²) in [6.07, 6.45) is 8.93. The molecule has 1 nitrogen and oxygen atoms in total. The summed E-state index contributed by atoms with van der Waals surface area (Å²) in [7, 11) is 0. The van der Waals surface area contributed by atoms with Gasteiger partial charge in [-0.3, -0.25) is 0 Å². The average molecular weight is 153 g/mol. The first-order valence-electron chi connectivity index (χ1n) is 5.16. The van der Waals surface area contributed by atoms with Gasteiger partial charge in [-0.25, -0.2) is 0 Å². The van der Waals surface area contributed by atoms with Crippen LogP contribution in [0.25, 0.3) is 0 Å². The topological polar surface area (TPSA) is 12.0 Å². The van der Waals surface area contributed by atoms with Crippen molar-refractivity contribution in [1.29, 1.82) is 0 Å². The van der Waals surface area contributed by atoms with Crippen molar-refractivity contribution in [1.82, 2.24) is 5.32 Å². The summed E-state index contributed by atoms with van der Waals surface area (Å²) < 4.78 is 0. The summed E-state index contributed by atoms with van der Waals surface area (Å²) in [6.45, 7) is 2.57. The van der Waals surface area contributed by atoms with Crippen LogP contribution in [-0.2, 0) is 0 Å². The Hall–Kier alpha value is -0.0400. The molecule has 2 aliphatic rings. The van der Waals surface area contributed by atoms with Gasteiger partial charge in [0.25, 0.3) is 0 Å². The van der Waals surface area contributed by atoms with Crippen LogP contribution >= 0.6 is 0 Å². The Kier molecular flexibility index (Phi) is 2.47. The lowest BCUT2D eigenvalue weighted by Gasteiger charge is -2.12. The number of rotatable bonds is 2. The van der Waals surface area contributed by atoms with Crippen LogP contribution in [0.4, 0.5) is 0 Å². The second-order valence-electron chi connectivity index (χ2n) is 4.25. The Balaban J connectivity index is 1.71. The molecule has 1 aliphatic carbocycles. The largest absolute Gasteiger partial charge is 0.316 e. The molecule has 1 heterocycles. The van der Waals surface area contributed by atoms with Crippen LogP contribution in [-0.4, -0.2) is 13.1 Å². The van der Waals surface area contributed by atoms with Crippen molar-refractivity contribution < 1.29 is 0 Å². The molecule has 1 aliphatic heterocycles. The molecule has 1 saturated carbocycles. The minimum atomic E-state index is 1.02. The molecule has 1 saturated heterocycles. The molecule has 2 fully saturated rings. The summed E-state index contributed by atoms with van der Waals surface area (Å²) >= 11 is 0. The van der Waals surface area contributed by atoms with Gasteiger partial charge in [-0.05, 0) is 44.2 Å². The van der Waals surface area contributed by atoms with Gasteiger partial charge in [0.15, 0.2) is 0 Å². The van der Waals surface area contributed by atoms with Gasteiger partial charge in [-0.1, -0.05) is 19.3 Å². The van der Waals surface area contributed by atoms with E-state index in [1.54, 1.807) is 0 Å². The van der Waals surface area contributed by atoms with Gasteiger partial charge < -0.3 is 5.32 Å². The van der Waals surface area contributed by atoms with Crippen molar-refractivity contribution in [2.24, 2.45) is 11.8 Å². The minimum Gasteiger partial charge on any atom is -0.316 e. The van der Waals surface area contributed by atoms with Crippen LogP contribution in [0, 0.1) is 11.8 Å². The molecule has 0 aromatic rings. The van der Waals surface area contributed by atoms with Crippen molar-refractivity contribution in [2.45, 2.75) is 38.5 Å². The summed E-state index contributed by atoms with van der Waals surface area (Å²) in [4.78, 5) is 0. The molecule has 11 heavy (non-hydrogen) atoms. The maximum absolute atomic E-state index is 3.53. The molecule has 0 spiro atoms. The van der Waals surface area contributed by atoms with Crippen LogP contribution < -0.4 is 5.32 Å². The first-order chi connectivity index (χ1) is 5.45. The third-order valence-corrected chi connectivity index (χ3v) is 3.01. The lowest BCUT2D eigenvalue weighted by Crippen LogP contribution is -2.20. The number of hydrogen-bond donors (Lipinski definition) is 1. The lowest BCUT2D eigenvalue weighted by molar-refractivity contribution is 0.422. The second kappa shape index (κ2) is 3.57. The van der Waals surface area contributed by atoms with Crippen LogP contribution in [0.2, 0.25) is 0 Å². The van der Waals surface area contributed by atoms with Gasteiger partial charge >= 0.3 is 0 Å². The van der Waals surface area contributed by atoms with Crippen LogP contribution in [0.15, 0.2) is 0 Å². The monoisotopic (exact) mass is 153 g/mol. The zero-order chi connectivity index (χ0) is 7.52. The second-order valence-corrected chi connectivity index (χ2v) is 4.25. The molecule has 0 amide bonds. The SMILES string of the molecule is C1CCC(CC2CC2)CNC1. The maximum Gasteiger partial charge on any atom is -0.00204 e. The van der Waals surface area contributed by atoms with E-state index >= 15 is 0 Å². The molecule has 1 heteroatoms. The highest BCUT2D eigenvalue weighted by atomic mass is 14.9. The quantitative estimate of drug-likeness (QED) is 0.641. The van der Waals surface area contributed by atoms with Crippen molar-refractivity contribution in [3.8, 4) is 0 Å². The van der Waals surface area contributed by atoms with E-state index in [1.165, 1.54) is 51.6 Å². The zero-order valence-electron chi connectivity index (χ0n) is 7.31. The standard InChI is InChI=1S/C10H19N/c1-2-6-11-8-10(3-1)7-9-4-5-9/h9-11H,1-8H2. The van der Waals surface area contributed by atoms with Gasteiger partial charge in [-0.15, -0.1) is 0 Å². The fourth-order valence-electron chi connectivity index (χ4n) is 2.12. The molecule has 0 aromatic carbocycles. The van der Waals surface area contributed by atoms with E-state index < -0.39 is 0 Å². The molecule has 0 aromatic heterocycles. The van der Waals surface area contributed by atoms with Crippen molar-refractivity contribution in [3.63, 3.8) is 0 Å². The predicted molar refractivity (Wildman–Crippen MR) is 47.6 cm³/mol. The molecule has 0 radical (unpaired) electrons. The molecule has 2 rings (SSSR count). The fourth-order valence-corrected chi connectivity index (χ4v) is 2.12. The van der Waals surface area contributed by atoms with E-state index in [0.717, 1.165) is 11.8 Å². The normalized spacial score (nSPS) is 33.3. The third kappa shape index (κ3) is 2.48. The minimum absolute atomic E-state index is 1.02. The average Bonchev–Trinajstić information content (AvgIpc) is 2.77. The summed E-state index contributed by atoms with van der Waals surface area (Å²) in [5.74, 6) is 2.14. The van der Waals surface area contributed by atoms with Crippen molar-refractivity contribution >= 4 is 0 Å². The molecule has 0 bridgehead atoms. The van der Waals surface area contributed by atoms with Gasteiger partial charge in [0.05, 0.1) is 0 Å². The molecular formula is C10H19N. The Labute approximate surface area is 69.6 Å². The maximum atomic E-state index is 3.53. The first kappa shape index (κ1) is 7.60. The third-order valence-electron chi connectivity index (χ3n) is 3.01. The zero-order valence-corrected chi connectivity index (χ0v) is 7.31. The van der Waals surface area contributed by atoms with Gasteiger partial charge in [0.1, 0.15) is 0 Å². The highest BCUT2D eigenvalue weighted by Crippen LogP contribution is 2.36. The van der Waals surface area contributed by atoms with E-state index in [9.17, 15) is 0 Å². The highest BCUT2D eigenvalue weighted by Gasteiger charge is 2.25. The predicted octanol–water partition coefficient (Wildman–Crippen LogP) is 2.18. The van der Waals surface area contributed by atoms with Crippen LogP contribution in [0.3, 0.4) is 0 Å². The van der Waals surface area contributed by atoms with Gasteiger partial charge in [-0.2, -0.15) is 0 Å². The Morgan fingerprint density at radius 1 is 1.00 bits per heavy atom. The van der Waals surface area contributed by atoms with Gasteiger partial charge in [0, 0.05) is 0 Å². The Bertz CT molecular complexity index is 110. The summed E-state index contributed by atoms with van der Waals surface area (Å²) in [6, 6.07) is 0. The van der Waals surface area contributed by atoms with E-state index in [-0.39, 0.29) is 0 Å². The molecular weight excluding hydrogens is 134 g/mol. The van der Waals surface area contributed by atoms with E-state index in [4.69, 9.17) is 0 Å². The van der Waals surface area contributed by atoms with E-state index in [1.807, 2.05) is 0 Å².